The van der Waals surface area contributed by atoms with Gasteiger partial charge in [-0.15, -0.1) is 0 Å². The second kappa shape index (κ2) is 11.9. The highest BCUT2D eigenvalue weighted by Crippen LogP contribution is 2.44. The number of ether oxygens (including phenoxy) is 2. The normalized spacial score (nSPS) is 24.9. The Morgan fingerprint density at radius 2 is 1.42 bits per heavy atom. The molecule has 0 heterocycles. The summed E-state index contributed by atoms with van der Waals surface area (Å²) in [7, 11) is 0. The van der Waals surface area contributed by atoms with Crippen molar-refractivity contribution in [1.29, 1.82) is 0 Å². The van der Waals surface area contributed by atoms with Gasteiger partial charge in [0.15, 0.2) is 18.2 Å². The molecular weight excluding hydrogens is 468 g/mol. The van der Waals surface area contributed by atoms with Gasteiger partial charge in [0, 0.05) is 0 Å². The van der Waals surface area contributed by atoms with Gasteiger partial charge in [-0.2, -0.15) is 13.2 Å². The lowest BCUT2D eigenvalue weighted by atomic mass is 9.68. The van der Waals surface area contributed by atoms with Crippen molar-refractivity contribution in [2.24, 2.45) is 17.8 Å². The molecule has 0 atom stereocenters. The van der Waals surface area contributed by atoms with E-state index in [-0.39, 0.29) is 11.3 Å². The molecule has 2 aromatic rings. The second-order valence-corrected chi connectivity index (χ2v) is 10.8. The third-order valence-corrected chi connectivity index (χ3v) is 8.28. The average molecular weight is 507 g/mol. The van der Waals surface area contributed by atoms with Crippen molar-refractivity contribution in [3.63, 3.8) is 0 Å². The molecule has 0 radical (unpaired) electrons. The topological polar surface area (TPSA) is 18.5 Å². The van der Waals surface area contributed by atoms with Crippen LogP contribution in [-0.4, -0.2) is 12.7 Å². The van der Waals surface area contributed by atoms with E-state index in [1.165, 1.54) is 64.4 Å². The van der Waals surface area contributed by atoms with E-state index in [4.69, 9.17) is 9.47 Å². The van der Waals surface area contributed by atoms with Gasteiger partial charge in [-0.25, -0.2) is 4.39 Å². The Kier molecular flexibility index (Phi) is 8.84. The fourth-order valence-corrected chi connectivity index (χ4v) is 6.19. The highest BCUT2D eigenvalue weighted by Gasteiger charge is 2.34. The maximum Gasteiger partial charge on any atom is 0.432 e. The zero-order valence-corrected chi connectivity index (χ0v) is 21.4. The van der Waals surface area contributed by atoms with E-state index >= 15 is 0 Å². The number of hydrogen-bond donors (Lipinski definition) is 0. The van der Waals surface area contributed by atoms with Gasteiger partial charge in [0.2, 0.25) is 5.82 Å². The van der Waals surface area contributed by atoms with Gasteiger partial charge in [0.05, 0.1) is 0 Å². The van der Waals surface area contributed by atoms with Crippen molar-refractivity contribution >= 4 is 0 Å². The third kappa shape index (κ3) is 6.74. The van der Waals surface area contributed by atoms with E-state index < -0.39 is 30.1 Å². The first-order valence-electron chi connectivity index (χ1n) is 13.5. The zero-order valence-electron chi connectivity index (χ0n) is 21.4. The molecule has 2 fully saturated rings. The summed E-state index contributed by atoms with van der Waals surface area (Å²) < 4.78 is 65.7. The van der Waals surface area contributed by atoms with Crippen LogP contribution >= 0.6 is 0 Å². The molecule has 36 heavy (non-hydrogen) atoms. The lowest BCUT2D eigenvalue weighted by Crippen LogP contribution is -2.32. The molecule has 0 saturated heterocycles. The minimum absolute atomic E-state index is 0.0143. The van der Waals surface area contributed by atoms with Crippen LogP contribution in [0.4, 0.5) is 17.6 Å². The highest BCUT2D eigenvalue weighted by atomic mass is 19.3. The van der Waals surface area contributed by atoms with Gasteiger partial charge in [0.1, 0.15) is 5.75 Å². The molecule has 2 nitrogen and oxygen atoms in total. The van der Waals surface area contributed by atoms with Gasteiger partial charge in [-0.3, -0.25) is 0 Å². The van der Waals surface area contributed by atoms with E-state index in [0.717, 1.165) is 42.2 Å². The van der Waals surface area contributed by atoms with Gasteiger partial charge in [-0.1, -0.05) is 50.8 Å². The van der Waals surface area contributed by atoms with Crippen molar-refractivity contribution in [2.45, 2.75) is 90.1 Å². The molecule has 0 bridgehead atoms. The molecule has 6 heteroatoms. The van der Waals surface area contributed by atoms with Crippen LogP contribution in [0, 0.1) is 36.3 Å². The summed E-state index contributed by atoms with van der Waals surface area (Å²) in [5.74, 6) is 0.154. The summed E-state index contributed by atoms with van der Waals surface area (Å²) in [6.45, 7) is 2.44. The van der Waals surface area contributed by atoms with Gasteiger partial charge < -0.3 is 9.47 Å². The van der Waals surface area contributed by atoms with Crippen molar-refractivity contribution in [2.75, 3.05) is 6.61 Å². The molecule has 0 aromatic heterocycles. The van der Waals surface area contributed by atoms with Crippen LogP contribution in [0.3, 0.4) is 0 Å². The third-order valence-electron chi connectivity index (χ3n) is 8.28. The molecule has 2 aliphatic rings. The molecule has 0 amide bonds. The summed E-state index contributed by atoms with van der Waals surface area (Å²) in [5.41, 5.74) is 1.23. The van der Waals surface area contributed by atoms with Crippen LogP contribution < -0.4 is 9.47 Å². The monoisotopic (exact) mass is 506 g/mol. The van der Waals surface area contributed by atoms with Crippen LogP contribution in [-0.2, 0) is 0 Å². The van der Waals surface area contributed by atoms with Crippen LogP contribution in [0.25, 0.3) is 0 Å². The summed E-state index contributed by atoms with van der Waals surface area (Å²) in [5, 5.41) is 0. The zero-order chi connectivity index (χ0) is 25.7. The van der Waals surface area contributed by atoms with Crippen LogP contribution in [0.5, 0.6) is 11.5 Å². The highest BCUT2D eigenvalue weighted by molar-refractivity contribution is 5.31. The van der Waals surface area contributed by atoms with Crippen LogP contribution in [0.2, 0.25) is 0 Å². The Hall–Kier alpha value is -2.24. The minimum atomic E-state index is -3.69. The number of alkyl halides is 2. The van der Waals surface area contributed by atoms with Crippen molar-refractivity contribution in [3.05, 3.63) is 59.2 Å². The van der Waals surface area contributed by atoms with Crippen molar-refractivity contribution in [3.8, 4) is 11.5 Å². The van der Waals surface area contributed by atoms with Crippen LogP contribution in [0.1, 0.15) is 88.2 Å². The second-order valence-electron chi connectivity index (χ2n) is 10.8. The van der Waals surface area contributed by atoms with Crippen molar-refractivity contribution in [1.82, 2.24) is 0 Å². The predicted molar refractivity (Wildman–Crippen MR) is 134 cm³/mol. The van der Waals surface area contributed by atoms with E-state index in [9.17, 15) is 17.6 Å². The lowest BCUT2D eigenvalue weighted by Gasteiger charge is -2.38. The maximum atomic E-state index is 14.3. The molecule has 4 rings (SSSR count). The van der Waals surface area contributed by atoms with Crippen LogP contribution in [0.15, 0.2) is 36.4 Å². The van der Waals surface area contributed by atoms with E-state index in [0.29, 0.717) is 5.92 Å². The maximum absolute atomic E-state index is 14.3. The number of aryl methyl sites for hydroxylation is 1. The summed E-state index contributed by atoms with van der Waals surface area (Å²) in [6.07, 6.45) is 9.32. The number of halogens is 4. The first-order valence-corrected chi connectivity index (χ1v) is 13.5. The SMILES string of the molecule is CCCC1CCC(C2CCC(c3ccc(OC(F)(F)COc4ccc(C)c(F)c4F)cc3)CC2)CC1. The first kappa shape index (κ1) is 26.8. The molecule has 198 valence electrons. The smallest absolute Gasteiger partial charge is 0.432 e. The Bertz CT molecular complexity index is 975. The fraction of sp³-hybridized carbons (Fsp3) is 0.600. The van der Waals surface area contributed by atoms with Gasteiger partial charge in [0.25, 0.3) is 0 Å². The quantitative estimate of drug-likeness (QED) is 0.316. The summed E-state index contributed by atoms with van der Waals surface area (Å²) in [6, 6.07) is 9.24. The molecule has 0 unspecified atom stereocenters. The fourth-order valence-electron chi connectivity index (χ4n) is 6.19. The largest absolute Gasteiger partial charge is 0.480 e. The standard InChI is InChI=1S/C30H38F4O2/c1-3-4-21-6-8-22(9-7-21)23-10-12-24(13-11-23)25-14-16-26(17-15-25)36-30(33,34)19-35-27-18-5-20(2)28(31)29(27)32/h5,14-18,21-24H,3-4,6-13,19H2,1-2H3. The Labute approximate surface area is 212 Å². The molecule has 2 saturated carbocycles. The average Bonchev–Trinajstić information content (AvgIpc) is 2.88. The van der Waals surface area contributed by atoms with E-state index in [2.05, 4.69) is 6.92 Å². The molecular formula is C30H38F4O2. The molecule has 0 spiro atoms. The van der Waals surface area contributed by atoms with Gasteiger partial charge >= 0.3 is 6.11 Å². The Morgan fingerprint density at radius 1 is 0.806 bits per heavy atom. The Balaban J connectivity index is 1.25. The lowest BCUT2D eigenvalue weighted by molar-refractivity contribution is -0.195. The molecule has 0 aliphatic heterocycles. The summed E-state index contributed by atoms with van der Waals surface area (Å²) in [4.78, 5) is 0. The van der Waals surface area contributed by atoms with E-state index in [1.54, 1.807) is 12.1 Å². The predicted octanol–water partition coefficient (Wildman–Crippen LogP) is 9.20. The number of rotatable bonds is 9. The minimum Gasteiger partial charge on any atom is -0.480 e. The molecule has 0 N–H and O–H groups in total. The van der Waals surface area contributed by atoms with E-state index in [1.807, 2.05) is 12.1 Å². The molecule has 2 aliphatic carbocycles. The van der Waals surface area contributed by atoms with Gasteiger partial charge in [-0.05, 0) is 98.4 Å². The summed E-state index contributed by atoms with van der Waals surface area (Å²) >= 11 is 0. The molecule has 2 aromatic carbocycles. The number of benzene rings is 2. The number of hydrogen-bond acceptors (Lipinski definition) is 2. The Morgan fingerprint density at radius 3 is 2.03 bits per heavy atom. The van der Waals surface area contributed by atoms with Crippen molar-refractivity contribution < 1.29 is 27.0 Å². The first-order chi connectivity index (χ1) is 17.3.